The molecule has 1 aromatic heterocycles. The molecule has 3 nitrogen and oxygen atoms in total. The van der Waals surface area contributed by atoms with E-state index in [-0.39, 0.29) is 44.6 Å². The number of anilines is 6. The van der Waals surface area contributed by atoms with Gasteiger partial charge in [0.25, 0.3) is 6.71 Å². The zero-order valence-corrected chi connectivity index (χ0v) is 63.2. The summed E-state index contributed by atoms with van der Waals surface area (Å²) in [6, 6.07) is 82.2. The van der Waals surface area contributed by atoms with Gasteiger partial charge in [0, 0.05) is 66.4 Å². The third-order valence-corrected chi connectivity index (χ3v) is 21.5. The third kappa shape index (κ3) is 12.1. The Labute approximate surface area is 596 Å². The molecule has 500 valence electrons. The maximum absolute atomic E-state index is 7.63. The van der Waals surface area contributed by atoms with Crippen molar-refractivity contribution < 1.29 is 4.42 Å². The highest BCUT2D eigenvalue weighted by Crippen LogP contribution is 2.56. The lowest BCUT2D eigenvalue weighted by Gasteiger charge is -2.46. The van der Waals surface area contributed by atoms with Crippen LogP contribution < -0.4 is 26.2 Å². The fourth-order valence-corrected chi connectivity index (χ4v) is 15.3. The lowest BCUT2D eigenvalue weighted by molar-refractivity contribution is 0.589. The van der Waals surface area contributed by atoms with Gasteiger partial charge in [-0.3, -0.25) is 0 Å². The van der Waals surface area contributed by atoms with E-state index in [2.05, 4.69) is 368 Å². The maximum Gasteiger partial charge on any atom is 0.252 e. The lowest BCUT2D eigenvalue weighted by atomic mass is 9.33. The SMILES string of the molecule is CC(C)(C)c1ccc(-c2cc(C(C)(C)C)cc(-c3ccc(C(C)(C)C)cc3)c2N2c3ccc(-c4cccc5c4oc4ccccc45)cc3B3c4ccc(Cl)cc4N(c4c(-c5ccc(C(C)(C)C)cc5)cc(C(C)(C)C)cc4-c4ccc(C(C)(C)C)cc4)c4cc(C(C)(C)C)cc2c43)cc1. The highest BCUT2D eigenvalue weighted by Gasteiger charge is 2.47. The zero-order chi connectivity index (χ0) is 70.6. The Bertz CT molecular complexity index is 4990. The van der Waals surface area contributed by atoms with E-state index in [1.807, 2.05) is 0 Å². The van der Waals surface area contributed by atoms with Gasteiger partial charge in [-0.15, -0.1) is 0 Å². The molecular weight excluding hydrogens is 1220 g/mol. The van der Waals surface area contributed by atoms with Crippen LogP contribution in [0.5, 0.6) is 0 Å². The van der Waals surface area contributed by atoms with Gasteiger partial charge in [0.2, 0.25) is 0 Å². The van der Waals surface area contributed by atoms with Crippen LogP contribution in [0.25, 0.3) is 77.6 Å². The molecule has 0 saturated carbocycles. The van der Waals surface area contributed by atoms with Crippen molar-refractivity contribution in [2.45, 2.75) is 183 Å². The van der Waals surface area contributed by atoms with Crippen LogP contribution in [0.2, 0.25) is 5.02 Å². The molecule has 14 rings (SSSR count). The molecule has 0 fully saturated rings. The number of hydrogen-bond acceptors (Lipinski definition) is 3. The Morgan fingerprint density at radius 3 is 1.05 bits per heavy atom. The van der Waals surface area contributed by atoms with Crippen LogP contribution in [0.1, 0.15) is 184 Å². The van der Waals surface area contributed by atoms with Crippen LogP contribution in [0.4, 0.5) is 34.1 Å². The molecule has 5 heteroatoms. The summed E-state index contributed by atoms with van der Waals surface area (Å²) in [4.78, 5) is 5.36. The normalized spacial score (nSPS) is 13.7. The van der Waals surface area contributed by atoms with E-state index in [9.17, 15) is 0 Å². The highest BCUT2D eigenvalue weighted by molar-refractivity contribution is 7.00. The minimum Gasteiger partial charge on any atom is -0.455 e. The molecule has 0 atom stereocenters. The number of nitrogens with zero attached hydrogens (tertiary/aromatic N) is 2. The van der Waals surface area contributed by atoms with Crippen LogP contribution in [0.3, 0.4) is 0 Å². The van der Waals surface area contributed by atoms with Crippen LogP contribution >= 0.6 is 11.6 Å². The number of rotatable bonds is 7. The topological polar surface area (TPSA) is 19.6 Å². The first-order valence-corrected chi connectivity index (χ1v) is 36.2. The van der Waals surface area contributed by atoms with Gasteiger partial charge in [-0.1, -0.05) is 309 Å². The molecular formula is C94H98BClN2O. The van der Waals surface area contributed by atoms with Gasteiger partial charge in [-0.2, -0.15) is 0 Å². The summed E-state index contributed by atoms with van der Waals surface area (Å²) in [6.07, 6.45) is 0. The second-order valence-corrected chi connectivity index (χ2v) is 36.1. The molecule has 0 radical (unpaired) electrons. The Morgan fingerprint density at radius 2 is 0.646 bits per heavy atom. The quantitative estimate of drug-likeness (QED) is 0.148. The van der Waals surface area contributed by atoms with Crippen molar-refractivity contribution in [3.05, 3.63) is 256 Å². The van der Waals surface area contributed by atoms with E-state index >= 15 is 0 Å². The van der Waals surface area contributed by atoms with E-state index < -0.39 is 0 Å². The van der Waals surface area contributed by atoms with Crippen molar-refractivity contribution in [2.75, 3.05) is 9.80 Å². The van der Waals surface area contributed by atoms with Crippen molar-refractivity contribution in [3.63, 3.8) is 0 Å². The van der Waals surface area contributed by atoms with E-state index in [0.717, 1.165) is 89.4 Å². The Morgan fingerprint density at radius 1 is 0.283 bits per heavy atom. The molecule has 0 N–H and O–H groups in total. The summed E-state index contributed by atoms with van der Waals surface area (Å²) in [5.41, 5.74) is 31.6. The van der Waals surface area contributed by atoms with Gasteiger partial charge >= 0.3 is 0 Å². The molecule has 12 aromatic rings. The minimum atomic E-state index is -0.316. The first kappa shape index (κ1) is 67.4. The number of furan rings is 1. The van der Waals surface area contributed by atoms with Gasteiger partial charge in [-0.25, -0.2) is 0 Å². The average Bonchev–Trinajstić information content (AvgIpc) is 1.04. The largest absolute Gasteiger partial charge is 0.455 e. The number of hydrogen-bond donors (Lipinski definition) is 0. The average molecular weight is 1320 g/mol. The van der Waals surface area contributed by atoms with Gasteiger partial charge in [0.15, 0.2) is 0 Å². The molecule has 0 unspecified atom stereocenters. The van der Waals surface area contributed by atoms with E-state index in [1.165, 1.54) is 77.6 Å². The Kier molecular flexibility index (Phi) is 16.1. The van der Waals surface area contributed by atoms with Crippen molar-refractivity contribution in [1.29, 1.82) is 0 Å². The molecule has 0 bridgehead atoms. The smallest absolute Gasteiger partial charge is 0.252 e. The van der Waals surface area contributed by atoms with E-state index in [4.69, 9.17) is 16.0 Å². The molecule has 3 heterocycles. The number of para-hydroxylation sites is 2. The number of fused-ring (bicyclic) bond motifs is 7. The third-order valence-electron chi connectivity index (χ3n) is 21.3. The lowest BCUT2D eigenvalue weighted by Crippen LogP contribution is -2.61. The minimum absolute atomic E-state index is 0.0439. The molecule has 2 aliphatic rings. The maximum atomic E-state index is 7.63. The first-order chi connectivity index (χ1) is 46.4. The monoisotopic (exact) mass is 1320 g/mol. The van der Waals surface area contributed by atoms with Crippen molar-refractivity contribution in [2.24, 2.45) is 0 Å². The summed E-state index contributed by atoms with van der Waals surface area (Å²) in [6.45, 7) is 48.8. The Hall–Kier alpha value is -8.83. The highest BCUT2D eigenvalue weighted by atomic mass is 35.5. The standard InChI is InChI=1S/C94H98BClN2O/c1-88(2,3)62-38-29-57(30-39-62)73-50-66(92(13,14)15)51-74(58-31-40-63(41-32-58)89(4,5)6)85(73)97-79-48-37-61(70-26-24-27-72-71-25-22-23-28-83(71)99-87(70)72)49-78(79)95-77-47-46-69(96)56-80(77)98(82-55-68(94(19,20)21)54-81(97)84(82)95)86-75(59-33-42-64(43-34-59)90(7,8)9)52-67(93(16,17)18)53-76(86)60-35-44-65(45-36-60)91(10,11)12/h22-56H,1-21H3. The summed E-state index contributed by atoms with van der Waals surface area (Å²) < 4.78 is 6.96. The predicted molar refractivity (Wildman–Crippen MR) is 431 cm³/mol. The number of benzene rings is 11. The molecule has 0 aliphatic carbocycles. The van der Waals surface area contributed by atoms with Gasteiger partial charge in [0.05, 0.1) is 11.4 Å². The molecule has 11 aromatic carbocycles. The van der Waals surface area contributed by atoms with Gasteiger partial charge in [0.1, 0.15) is 11.2 Å². The predicted octanol–water partition coefficient (Wildman–Crippen LogP) is 25.7. The second kappa shape index (κ2) is 23.7. The van der Waals surface area contributed by atoms with E-state index in [0.29, 0.717) is 5.02 Å². The van der Waals surface area contributed by atoms with Crippen molar-refractivity contribution >= 4 is 90.8 Å². The van der Waals surface area contributed by atoms with Crippen molar-refractivity contribution in [1.82, 2.24) is 0 Å². The van der Waals surface area contributed by atoms with Crippen LogP contribution in [-0.2, 0) is 37.9 Å². The molecule has 99 heavy (non-hydrogen) atoms. The Balaban J connectivity index is 1.17. The van der Waals surface area contributed by atoms with Crippen LogP contribution in [0, 0.1) is 0 Å². The molecule has 0 amide bonds. The molecule has 2 aliphatic heterocycles. The van der Waals surface area contributed by atoms with Gasteiger partial charge < -0.3 is 14.2 Å². The summed E-state index contributed by atoms with van der Waals surface area (Å²) >= 11 is 7.63. The van der Waals surface area contributed by atoms with Crippen molar-refractivity contribution in [3.8, 4) is 55.6 Å². The summed E-state index contributed by atoms with van der Waals surface area (Å²) in [5, 5.41) is 2.89. The summed E-state index contributed by atoms with van der Waals surface area (Å²) in [7, 11) is 0. The molecule has 0 saturated heterocycles. The van der Waals surface area contributed by atoms with Crippen LogP contribution in [-0.4, -0.2) is 6.71 Å². The second-order valence-electron chi connectivity index (χ2n) is 35.7. The van der Waals surface area contributed by atoms with E-state index in [1.54, 1.807) is 0 Å². The summed E-state index contributed by atoms with van der Waals surface area (Å²) in [5.74, 6) is 0. The molecule has 0 spiro atoms. The van der Waals surface area contributed by atoms with Crippen LogP contribution in [0.15, 0.2) is 217 Å². The fraction of sp³-hybridized carbons (Fsp3) is 0.298. The van der Waals surface area contributed by atoms with Gasteiger partial charge in [-0.05, 0) is 182 Å². The number of halogens is 1. The first-order valence-electron chi connectivity index (χ1n) is 35.9. The zero-order valence-electron chi connectivity index (χ0n) is 62.5. The fourth-order valence-electron chi connectivity index (χ4n) is 15.1.